The van der Waals surface area contributed by atoms with Crippen molar-refractivity contribution >= 4 is 44.2 Å². The second kappa shape index (κ2) is 7.42. The van der Waals surface area contributed by atoms with E-state index in [0.29, 0.717) is 27.4 Å². The van der Waals surface area contributed by atoms with Crippen LogP contribution in [0.15, 0.2) is 65.3 Å². The molecule has 6 nitrogen and oxygen atoms in total. The van der Waals surface area contributed by atoms with Gasteiger partial charge in [0.1, 0.15) is 12.4 Å². The maximum Gasteiger partial charge on any atom is 0.273 e. The number of benzene rings is 2. The van der Waals surface area contributed by atoms with Gasteiger partial charge in [-0.1, -0.05) is 35.1 Å². The van der Waals surface area contributed by atoms with Crippen molar-refractivity contribution in [2.24, 2.45) is 0 Å². The van der Waals surface area contributed by atoms with Gasteiger partial charge in [0.05, 0.1) is 23.0 Å². The quantitative estimate of drug-likeness (QED) is 0.463. The molecule has 1 unspecified atom stereocenters. The van der Waals surface area contributed by atoms with Crippen molar-refractivity contribution in [3.63, 3.8) is 0 Å². The second-order valence-corrected chi connectivity index (χ2v) is 7.92. The molecule has 0 bridgehead atoms. The molecule has 2 aromatic carbocycles. The minimum atomic E-state index is -0.782. The van der Waals surface area contributed by atoms with E-state index < -0.39 is 6.10 Å². The summed E-state index contributed by atoms with van der Waals surface area (Å²) in [6, 6.07) is 16.4. The molecule has 1 aliphatic rings. The minimum absolute atomic E-state index is 0.126. The Bertz CT molecular complexity index is 1170. The summed E-state index contributed by atoms with van der Waals surface area (Å²) in [6.45, 7) is 0.363. The first-order chi connectivity index (χ1) is 14.2. The number of carbonyl (C=O) groups excluding carboxylic acids is 1. The molecule has 1 aliphatic heterocycles. The largest absolute Gasteiger partial charge is 0.485 e. The molecule has 0 aliphatic carbocycles. The summed E-state index contributed by atoms with van der Waals surface area (Å²) in [5, 5.41) is 1.17. The Hall–Kier alpha value is -3.03. The minimum Gasteiger partial charge on any atom is -0.485 e. The Labute approximate surface area is 175 Å². The number of rotatable bonds is 4. The average Bonchev–Trinajstić information content (AvgIpc) is 3.40. The standard InChI is InChI=1S/C21H15ClN2O4S/c22-13-7-8-15-19(10-13)29-21(23-15)24(11-14-4-3-9-26-14)20(25)18-12-27-16-5-1-2-6-17(16)28-18/h1-10,18H,11-12H2. The maximum absolute atomic E-state index is 13.4. The molecular formula is C21H15ClN2O4S. The maximum atomic E-state index is 13.4. The Balaban J connectivity index is 1.49. The van der Waals surface area contributed by atoms with Crippen molar-refractivity contribution < 1.29 is 18.7 Å². The van der Waals surface area contributed by atoms with Crippen molar-refractivity contribution in [2.45, 2.75) is 12.6 Å². The number of amides is 1. The van der Waals surface area contributed by atoms with Crippen molar-refractivity contribution in [2.75, 3.05) is 11.5 Å². The van der Waals surface area contributed by atoms with E-state index in [-0.39, 0.29) is 19.1 Å². The normalized spacial score (nSPS) is 15.4. The first-order valence-electron chi connectivity index (χ1n) is 8.96. The molecular weight excluding hydrogens is 412 g/mol. The predicted molar refractivity (Wildman–Crippen MR) is 111 cm³/mol. The first-order valence-corrected chi connectivity index (χ1v) is 10.2. The molecule has 29 heavy (non-hydrogen) atoms. The fraction of sp³-hybridized carbons (Fsp3) is 0.143. The fourth-order valence-electron chi connectivity index (χ4n) is 3.11. The SMILES string of the molecule is O=C(C1COc2ccccc2O1)N(Cc1ccco1)c1nc2ccc(Cl)cc2s1. The van der Waals surface area contributed by atoms with E-state index in [1.54, 1.807) is 29.4 Å². The molecule has 0 N–H and O–H groups in total. The number of thiazole rings is 1. The number of fused-ring (bicyclic) bond motifs is 2. The number of hydrogen-bond donors (Lipinski definition) is 0. The summed E-state index contributed by atoms with van der Waals surface area (Å²) in [5.41, 5.74) is 0.776. The van der Waals surface area contributed by atoms with Crippen LogP contribution in [-0.2, 0) is 11.3 Å². The van der Waals surface area contributed by atoms with Crippen LogP contribution in [0, 0.1) is 0 Å². The number of nitrogens with zero attached hydrogens (tertiary/aromatic N) is 2. The van der Waals surface area contributed by atoms with Crippen molar-refractivity contribution in [3.05, 3.63) is 71.6 Å². The molecule has 2 aromatic heterocycles. The molecule has 1 atom stereocenters. The molecule has 0 saturated heterocycles. The molecule has 4 aromatic rings. The zero-order valence-electron chi connectivity index (χ0n) is 15.1. The van der Waals surface area contributed by atoms with E-state index in [1.165, 1.54) is 11.3 Å². The zero-order valence-corrected chi connectivity index (χ0v) is 16.7. The number of aromatic nitrogens is 1. The number of furan rings is 1. The van der Waals surface area contributed by atoms with E-state index >= 15 is 0 Å². The van der Waals surface area contributed by atoms with Gasteiger partial charge in [-0.15, -0.1) is 0 Å². The summed E-state index contributed by atoms with van der Waals surface area (Å²) in [4.78, 5) is 19.6. The first kappa shape index (κ1) is 18.0. The van der Waals surface area contributed by atoms with Gasteiger partial charge >= 0.3 is 0 Å². The van der Waals surface area contributed by atoms with E-state index in [2.05, 4.69) is 4.98 Å². The third kappa shape index (κ3) is 3.54. The average molecular weight is 427 g/mol. The van der Waals surface area contributed by atoms with Crippen molar-refractivity contribution in [1.82, 2.24) is 4.98 Å². The van der Waals surface area contributed by atoms with E-state index in [4.69, 9.17) is 25.5 Å². The second-order valence-electron chi connectivity index (χ2n) is 6.48. The molecule has 0 fully saturated rings. The summed E-state index contributed by atoms with van der Waals surface area (Å²) < 4.78 is 18.0. The zero-order chi connectivity index (χ0) is 19.8. The molecule has 146 valence electrons. The Kier molecular flexibility index (Phi) is 4.61. The summed E-state index contributed by atoms with van der Waals surface area (Å²) in [6.07, 6.45) is 0.794. The van der Waals surface area contributed by atoms with Gasteiger partial charge in [-0.25, -0.2) is 4.98 Å². The van der Waals surface area contributed by atoms with Crippen molar-refractivity contribution in [1.29, 1.82) is 0 Å². The lowest BCUT2D eigenvalue weighted by atomic mass is 10.2. The van der Waals surface area contributed by atoms with Crippen LogP contribution >= 0.6 is 22.9 Å². The highest BCUT2D eigenvalue weighted by molar-refractivity contribution is 7.22. The van der Waals surface area contributed by atoms with Crippen LogP contribution in [0.4, 0.5) is 5.13 Å². The van der Waals surface area contributed by atoms with Crippen LogP contribution in [0.1, 0.15) is 5.76 Å². The number of hydrogen-bond acceptors (Lipinski definition) is 6. The lowest BCUT2D eigenvalue weighted by Crippen LogP contribution is -2.46. The van der Waals surface area contributed by atoms with Crippen molar-refractivity contribution in [3.8, 4) is 11.5 Å². The van der Waals surface area contributed by atoms with Crippen LogP contribution < -0.4 is 14.4 Å². The molecule has 5 rings (SSSR count). The van der Waals surface area contributed by atoms with Gasteiger partial charge in [0.2, 0.25) is 6.10 Å². The summed E-state index contributed by atoms with van der Waals surface area (Å²) >= 11 is 7.49. The van der Waals surface area contributed by atoms with Gasteiger partial charge < -0.3 is 13.9 Å². The lowest BCUT2D eigenvalue weighted by molar-refractivity contribution is -0.127. The van der Waals surface area contributed by atoms with Crippen LogP contribution in [0.2, 0.25) is 5.02 Å². The third-order valence-corrected chi connectivity index (χ3v) is 5.79. The summed E-state index contributed by atoms with van der Waals surface area (Å²) in [7, 11) is 0. The number of ether oxygens (including phenoxy) is 2. The van der Waals surface area contributed by atoms with Gasteiger partial charge in [0, 0.05) is 5.02 Å². The predicted octanol–water partition coefficient (Wildman–Crippen LogP) is 4.92. The van der Waals surface area contributed by atoms with Gasteiger partial charge in [-0.05, 0) is 42.5 Å². The molecule has 1 amide bonds. The number of para-hydroxylation sites is 2. The molecule has 3 heterocycles. The molecule has 0 spiro atoms. The van der Waals surface area contributed by atoms with Crippen LogP contribution in [0.25, 0.3) is 10.2 Å². The highest BCUT2D eigenvalue weighted by Crippen LogP contribution is 2.34. The number of carbonyl (C=O) groups is 1. The highest BCUT2D eigenvalue weighted by atomic mass is 35.5. The van der Waals surface area contributed by atoms with Gasteiger partial charge in [-0.3, -0.25) is 9.69 Å². The molecule has 8 heteroatoms. The lowest BCUT2D eigenvalue weighted by Gasteiger charge is -2.29. The van der Waals surface area contributed by atoms with Crippen LogP contribution in [0.5, 0.6) is 11.5 Å². The Morgan fingerprint density at radius 3 is 2.86 bits per heavy atom. The molecule has 0 radical (unpaired) electrons. The smallest absolute Gasteiger partial charge is 0.273 e. The Morgan fingerprint density at radius 1 is 1.17 bits per heavy atom. The van der Waals surface area contributed by atoms with Gasteiger partial charge in [-0.2, -0.15) is 0 Å². The highest BCUT2D eigenvalue weighted by Gasteiger charge is 2.33. The van der Waals surface area contributed by atoms with E-state index in [0.717, 1.165) is 10.2 Å². The van der Waals surface area contributed by atoms with E-state index in [1.807, 2.05) is 36.4 Å². The molecule has 0 saturated carbocycles. The number of halogens is 1. The van der Waals surface area contributed by atoms with Gasteiger partial charge in [0.25, 0.3) is 5.91 Å². The number of anilines is 1. The van der Waals surface area contributed by atoms with Crippen LogP contribution in [0.3, 0.4) is 0 Å². The fourth-order valence-corrected chi connectivity index (χ4v) is 4.36. The van der Waals surface area contributed by atoms with Gasteiger partial charge in [0.15, 0.2) is 16.6 Å². The topological polar surface area (TPSA) is 64.8 Å². The summed E-state index contributed by atoms with van der Waals surface area (Å²) in [5.74, 6) is 1.57. The van der Waals surface area contributed by atoms with Crippen LogP contribution in [-0.4, -0.2) is 23.6 Å². The Morgan fingerprint density at radius 2 is 2.03 bits per heavy atom. The monoisotopic (exact) mass is 426 g/mol. The third-order valence-electron chi connectivity index (χ3n) is 4.51. The van der Waals surface area contributed by atoms with E-state index in [9.17, 15) is 4.79 Å².